The van der Waals surface area contributed by atoms with Gasteiger partial charge in [-0.05, 0) is 29.1 Å². The molecule has 0 radical (unpaired) electrons. The molecule has 0 saturated heterocycles. The first kappa shape index (κ1) is 14.2. The van der Waals surface area contributed by atoms with Gasteiger partial charge in [0.05, 0.1) is 11.7 Å². The zero-order chi connectivity index (χ0) is 15.7. The van der Waals surface area contributed by atoms with Gasteiger partial charge in [0.2, 0.25) is 5.91 Å². The van der Waals surface area contributed by atoms with Crippen LogP contribution in [0, 0.1) is 0 Å². The maximum Gasteiger partial charge on any atom is 0.227 e. The maximum absolute atomic E-state index is 11.9. The molecule has 0 bridgehead atoms. The van der Waals surface area contributed by atoms with E-state index in [4.69, 9.17) is 18.0 Å². The molecule has 5 nitrogen and oxygen atoms in total. The molecule has 0 aliphatic rings. The van der Waals surface area contributed by atoms with Crippen LogP contribution in [0.3, 0.4) is 0 Å². The van der Waals surface area contributed by atoms with Crippen molar-refractivity contribution in [1.82, 2.24) is 9.99 Å². The predicted octanol–water partition coefficient (Wildman–Crippen LogP) is 2.62. The SMILES string of the molecule is CC(=O)n1cc(C=NNC(N)=S)c2c3ccccc3ccc21. The van der Waals surface area contributed by atoms with Crippen molar-refractivity contribution in [3.63, 3.8) is 0 Å². The molecular formula is C16H14N4OS. The first-order valence-electron chi connectivity index (χ1n) is 6.70. The summed E-state index contributed by atoms with van der Waals surface area (Å²) < 4.78 is 1.61. The van der Waals surface area contributed by atoms with Gasteiger partial charge >= 0.3 is 0 Å². The summed E-state index contributed by atoms with van der Waals surface area (Å²) in [5, 5.41) is 7.24. The van der Waals surface area contributed by atoms with Gasteiger partial charge in [-0.2, -0.15) is 5.10 Å². The smallest absolute Gasteiger partial charge is 0.227 e. The highest BCUT2D eigenvalue weighted by atomic mass is 32.1. The Hall–Kier alpha value is -2.73. The van der Waals surface area contributed by atoms with Gasteiger partial charge in [-0.1, -0.05) is 30.3 Å². The number of aromatic nitrogens is 1. The summed E-state index contributed by atoms with van der Waals surface area (Å²) in [5.74, 6) is -0.0535. The standard InChI is InChI=1S/C16H14N4OS/c1-10(21)20-9-12(8-18-19-16(17)22)15-13-5-3-2-4-11(13)6-7-14(15)20/h2-9H,1H3,(H3,17,19,22). The third kappa shape index (κ3) is 2.44. The lowest BCUT2D eigenvalue weighted by Gasteiger charge is -2.02. The van der Waals surface area contributed by atoms with Gasteiger partial charge in [0.15, 0.2) is 5.11 Å². The van der Waals surface area contributed by atoms with E-state index in [9.17, 15) is 4.79 Å². The molecule has 110 valence electrons. The molecule has 3 N–H and O–H groups in total. The van der Waals surface area contributed by atoms with Gasteiger partial charge in [-0.15, -0.1) is 0 Å². The molecule has 3 rings (SSSR count). The predicted molar refractivity (Wildman–Crippen MR) is 93.3 cm³/mol. The largest absolute Gasteiger partial charge is 0.375 e. The maximum atomic E-state index is 11.9. The van der Waals surface area contributed by atoms with Gasteiger partial charge in [0, 0.05) is 24.1 Å². The first-order chi connectivity index (χ1) is 10.6. The minimum atomic E-state index is -0.0535. The number of rotatable bonds is 2. The van der Waals surface area contributed by atoms with Crippen LogP contribution in [0.2, 0.25) is 0 Å². The van der Waals surface area contributed by atoms with Crippen molar-refractivity contribution in [2.45, 2.75) is 6.92 Å². The average Bonchev–Trinajstić information content (AvgIpc) is 2.86. The number of benzene rings is 2. The molecule has 0 fully saturated rings. The van der Waals surface area contributed by atoms with Gasteiger partial charge in [-0.25, -0.2) is 0 Å². The molecular weight excluding hydrogens is 296 g/mol. The van der Waals surface area contributed by atoms with Gasteiger partial charge in [0.25, 0.3) is 0 Å². The van der Waals surface area contributed by atoms with E-state index in [2.05, 4.69) is 10.5 Å². The molecule has 0 aliphatic carbocycles. The molecule has 3 aromatic rings. The van der Waals surface area contributed by atoms with E-state index < -0.39 is 0 Å². The van der Waals surface area contributed by atoms with Crippen molar-refractivity contribution in [2.24, 2.45) is 10.8 Å². The van der Waals surface area contributed by atoms with Crippen LogP contribution in [0.25, 0.3) is 21.7 Å². The fourth-order valence-corrected chi connectivity index (χ4v) is 2.61. The molecule has 0 saturated carbocycles. The average molecular weight is 310 g/mol. The van der Waals surface area contributed by atoms with E-state index in [1.807, 2.05) is 36.4 Å². The van der Waals surface area contributed by atoms with Crippen molar-refractivity contribution in [3.05, 3.63) is 48.2 Å². The van der Waals surface area contributed by atoms with Crippen LogP contribution in [0.5, 0.6) is 0 Å². The highest BCUT2D eigenvalue weighted by Crippen LogP contribution is 2.29. The van der Waals surface area contributed by atoms with Crippen LogP contribution in [0.1, 0.15) is 17.3 Å². The Kier molecular flexibility index (Phi) is 3.60. The summed E-state index contributed by atoms with van der Waals surface area (Å²) in [7, 11) is 0. The lowest BCUT2D eigenvalue weighted by atomic mass is 10.0. The summed E-state index contributed by atoms with van der Waals surface area (Å²) in [4.78, 5) is 11.9. The second kappa shape index (κ2) is 5.57. The van der Waals surface area contributed by atoms with Crippen molar-refractivity contribution in [2.75, 3.05) is 0 Å². The van der Waals surface area contributed by atoms with E-state index in [0.29, 0.717) is 0 Å². The van der Waals surface area contributed by atoms with Gasteiger partial charge in [-0.3, -0.25) is 14.8 Å². The molecule has 0 amide bonds. The number of carbonyl (C=O) groups is 1. The third-order valence-electron chi connectivity index (χ3n) is 3.44. The van der Waals surface area contributed by atoms with Crippen molar-refractivity contribution >= 4 is 51.1 Å². The van der Waals surface area contributed by atoms with Crippen LogP contribution < -0.4 is 11.2 Å². The molecule has 6 heteroatoms. The summed E-state index contributed by atoms with van der Waals surface area (Å²) in [5.41, 5.74) is 9.56. The number of nitrogens with two attached hydrogens (primary N) is 1. The second-order valence-corrected chi connectivity index (χ2v) is 5.33. The summed E-state index contributed by atoms with van der Waals surface area (Å²) in [6, 6.07) is 12.0. The summed E-state index contributed by atoms with van der Waals surface area (Å²) >= 11 is 4.72. The van der Waals surface area contributed by atoms with E-state index >= 15 is 0 Å². The van der Waals surface area contributed by atoms with Crippen molar-refractivity contribution in [3.8, 4) is 0 Å². The molecule has 22 heavy (non-hydrogen) atoms. The minimum absolute atomic E-state index is 0.0535. The highest BCUT2D eigenvalue weighted by Gasteiger charge is 2.12. The number of nitrogens with zero attached hydrogens (tertiary/aromatic N) is 2. The van der Waals surface area contributed by atoms with Crippen LogP contribution in [0.15, 0.2) is 47.7 Å². The molecule has 2 aromatic carbocycles. The number of carbonyl (C=O) groups excluding carboxylic acids is 1. The number of fused-ring (bicyclic) bond motifs is 3. The van der Waals surface area contributed by atoms with E-state index in [0.717, 1.165) is 27.2 Å². The number of hydrogen-bond acceptors (Lipinski definition) is 3. The molecule has 0 aliphatic heterocycles. The lowest BCUT2D eigenvalue weighted by Crippen LogP contribution is -2.23. The summed E-state index contributed by atoms with van der Waals surface area (Å²) in [6.45, 7) is 1.53. The quantitative estimate of drug-likeness (QED) is 0.433. The van der Waals surface area contributed by atoms with E-state index in [1.165, 1.54) is 6.92 Å². The molecule has 0 unspecified atom stereocenters. The van der Waals surface area contributed by atoms with Crippen LogP contribution >= 0.6 is 12.2 Å². The molecule has 0 atom stereocenters. The van der Waals surface area contributed by atoms with Crippen molar-refractivity contribution < 1.29 is 4.79 Å². The highest BCUT2D eigenvalue weighted by molar-refractivity contribution is 7.80. The number of nitrogens with one attached hydrogen (secondary N) is 1. The van der Waals surface area contributed by atoms with E-state index in [-0.39, 0.29) is 11.0 Å². The zero-order valence-electron chi connectivity index (χ0n) is 11.9. The Morgan fingerprint density at radius 1 is 1.32 bits per heavy atom. The van der Waals surface area contributed by atoms with Crippen LogP contribution in [-0.2, 0) is 0 Å². The Balaban J connectivity index is 2.30. The number of hydrogen-bond donors (Lipinski definition) is 2. The van der Waals surface area contributed by atoms with Gasteiger partial charge in [0.1, 0.15) is 0 Å². The molecule has 1 aromatic heterocycles. The molecule has 0 spiro atoms. The lowest BCUT2D eigenvalue weighted by molar-refractivity contribution is 0.0941. The molecule has 1 heterocycles. The number of hydrazone groups is 1. The van der Waals surface area contributed by atoms with E-state index in [1.54, 1.807) is 17.0 Å². The fraction of sp³-hybridized carbons (Fsp3) is 0.0625. The normalized spacial score (nSPS) is 11.3. The number of thiocarbonyl (C=S) groups is 1. The Labute approximate surface area is 132 Å². The Bertz CT molecular complexity index is 926. The minimum Gasteiger partial charge on any atom is -0.375 e. The van der Waals surface area contributed by atoms with Gasteiger partial charge < -0.3 is 5.73 Å². The zero-order valence-corrected chi connectivity index (χ0v) is 12.7. The third-order valence-corrected chi connectivity index (χ3v) is 3.53. The monoisotopic (exact) mass is 310 g/mol. The Morgan fingerprint density at radius 3 is 2.82 bits per heavy atom. The second-order valence-electron chi connectivity index (χ2n) is 4.89. The van der Waals surface area contributed by atoms with Crippen LogP contribution in [0.4, 0.5) is 0 Å². The fourth-order valence-electron chi connectivity index (χ4n) is 2.56. The summed E-state index contributed by atoms with van der Waals surface area (Å²) in [6.07, 6.45) is 3.39. The van der Waals surface area contributed by atoms with Crippen LogP contribution in [-0.4, -0.2) is 21.8 Å². The Morgan fingerprint density at radius 2 is 2.09 bits per heavy atom. The van der Waals surface area contributed by atoms with Crippen molar-refractivity contribution in [1.29, 1.82) is 0 Å². The first-order valence-corrected chi connectivity index (χ1v) is 7.11. The topological polar surface area (TPSA) is 72.4 Å².